The van der Waals surface area contributed by atoms with Crippen LogP contribution in [0.5, 0.6) is 5.75 Å². The van der Waals surface area contributed by atoms with Crippen LogP contribution in [0.25, 0.3) is 6.08 Å². The number of aryl methyl sites for hydroxylation is 1. The van der Waals surface area contributed by atoms with E-state index >= 15 is 0 Å². The second-order valence-corrected chi connectivity index (χ2v) is 9.20. The first kappa shape index (κ1) is 22.9. The number of sulfonamides is 1. The molecule has 0 aliphatic rings. The van der Waals surface area contributed by atoms with Crippen molar-refractivity contribution in [1.82, 2.24) is 0 Å². The maximum absolute atomic E-state index is 13.4. The number of methoxy groups -OCH3 is 1. The van der Waals surface area contributed by atoms with Crippen molar-refractivity contribution in [2.75, 3.05) is 11.4 Å². The van der Waals surface area contributed by atoms with Crippen molar-refractivity contribution in [3.05, 3.63) is 94.0 Å². The maximum Gasteiger partial charge on any atom is 0.271 e. The predicted molar refractivity (Wildman–Crippen MR) is 124 cm³/mol. The molecule has 0 spiro atoms. The summed E-state index contributed by atoms with van der Waals surface area (Å²) in [6.07, 6.45) is 2.62. The van der Waals surface area contributed by atoms with Crippen LogP contribution in [-0.2, 0) is 14.8 Å². The molecule has 0 fully saturated rings. The number of hydrogen-bond donors (Lipinski definition) is 0. The molecule has 3 aromatic carbocycles. The smallest absolute Gasteiger partial charge is 0.271 e. The molecule has 0 N–H and O–H groups in total. The Morgan fingerprint density at radius 3 is 2.26 bits per heavy atom. The van der Waals surface area contributed by atoms with E-state index in [1.54, 1.807) is 36.4 Å². The number of hydrogen-bond acceptors (Lipinski definition) is 4. The number of carbonyl (C=O) groups excluding carboxylic acids is 1. The quantitative estimate of drug-likeness (QED) is 0.426. The fourth-order valence-electron chi connectivity index (χ4n) is 2.82. The van der Waals surface area contributed by atoms with E-state index < -0.39 is 15.9 Å². The van der Waals surface area contributed by atoms with E-state index in [0.717, 1.165) is 11.6 Å². The average molecular weight is 476 g/mol. The number of amides is 1. The first-order chi connectivity index (χ1) is 14.7. The molecule has 0 bridgehead atoms. The minimum absolute atomic E-state index is 0.0236. The van der Waals surface area contributed by atoms with E-state index in [9.17, 15) is 13.2 Å². The van der Waals surface area contributed by atoms with Crippen LogP contribution >= 0.6 is 23.2 Å². The van der Waals surface area contributed by atoms with Gasteiger partial charge in [0.1, 0.15) is 5.75 Å². The summed E-state index contributed by atoms with van der Waals surface area (Å²) in [7, 11) is -2.78. The van der Waals surface area contributed by atoms with Gasteiger partial charge in [0.05, 0.1) is 22.7 Å². The van der Waals surface area contributed by atoms with Gasteiger partial charge >= 0.3 is 0 Å². The molecule has 3 rings (SSSR count). The molecule has 8 heteroatoms. The highest BCUT2D eigenvalue weighted by atomic mass is 35.5. The molecule has 3 aromatic rings. The zero-order valence-electron chi connectivity index (χ0n) is 16.7. The van der Waals surface area contributed by atoms with Gasteiger partial charge in [0, 0.05) is 11.1 Å². The lowest BCUT2D eigenvalue weighted by atomic mass is 10.2. The summed E-state index contributed by atoms with van der Waals surface area (Å²) in [5.74, 6) is -0.418. The molecule has 31 heavy (non-hydrogen) atoms. The molecule has 0 aromatic heterocycles. The van der Waals surface area contributed by atoms with Gasteiger partial charge in [-0.15, -0.1) is 0 Å². The molecule has 0 aliphatic carbocycles. The minimum Gasteiger partial charge on any atom is -0.495 e. The molecular formula is C23H19Cl2NO4S. The Balaban J connectivity index is 2.10. The monoisotopic (exact) mass is 475 g/mol. The zero-order chi connectivity index (χ0) is 22.6. The van der Waals surface area contributed by atoms with E-state index in [1.807, 2.05) is 6.92 Å². The van der Waals surface area contributed by atoms with Crippen LogP contribution in [0.4, 0.5) is 5.69 Å². The van der Waals surface area contributed by atoms with Crippen molar-refractivity contribution in [1.29, 1.82) is 0 Å². The summed E-state index contributed by atoms with van der Waals surface area (Å²) >= 11 is 12.3. The molecule has 1 amide bonds. The largest absolute Gasteiger partial charge is 0.495 e. The molecule has 160 valence electrons. The van der Waals surface area contributed by atoms with Crippen molar-refractivity contribution < 1.29 is 17.9 Å². The molecule has 0 unspecified atom stereocenters. The SMILES string of the molecule is COc1ccc(N(C(=O)/C=C/c2ccccc2Cl)S(=O)(=O)c2ccc(C)cc2)cc1Cl. The lowest BCUT2D eigenvalue weighted by Crippen LogP contribution is -2.35. The van der Waals surface area contributed by atoms with Crippen molar-refractivity contribution >= 4 is 50.9 Å². The lowest BCUT2D eigenvalue weighted by molar-refractivity contribution is -0.113. The summed E-state index contributed by atoms with van der Waals surface area (Å²) in [5.41, 5.74) is 1.56. The minimum atomic E-state index is -4.22. The molecule has 0 aliphatic heterocycles. The number of halogens is 2. The van der Waals surface area contributed by atoms with Crippen LogP contribution < -0.4 is 9.04 Å². The number of anilines is 1. The van der Waals surface area contributed by atoms with Gasteiger partial charge in [-0.1, -0.05) is 59.1 Å². The topological polar surface area (TPSA) is 63.7 Å². The maximum atomic E-state index is 13.4. The number of carbonyl (C=O) groups is 1. The molecule has 0 saturated carbocycles. The van der Waals surface area contributed by atoms with E-state index in [2.05, 4.69) is 0 Å². The van der Waals surface area contributed by atoms with E-state index in [0.29, 0.717) is 20.6 Å². The summed E-state index contributed by atoms with van der Waals surface area (Å²) in [6, 6.07) is 17.5. The van der Waals surface area contributed by atoms with Crippen molar-refractivity contribution in [2.24, 2.45) is 0 Å². The van der Waals surface area contributed by atoms with Gasteiger partial charge in [0.2, 0.25) is 0 Å². The number of rotatable bonds is 6. The summed E-state index contributed by atoms with van der Waals surface area (Å²) in [5, 5.41) is 0.610. The van der Waals surface area contributed by atoms with Gasteiger partial charge in [-0.3, -0.25) is 4.79 Å². The standard InChI is InChI=1S/C23H19Cl2NO4S/c1-16-7-11-19(12-8-16)31(28,29)26(18-10-13-22(30-2)21(25)15-18)23(27)14-9-17-5-3-4-6-20(17)24/h3-15H,1-2H3/b14-9+. The number of benzene rings is 3. The second kappa shape index (κ2) is 9.56. The number of nitrogens with zero attached hydrogens (tertiary/aromatic N) is 1. The fourth-order valence-corrected chi connectivity index (χ4v) is 4.65. The van der Waals surface area contributed by atoms with Crippen LogP contribution in [0.15, 0.2) is 77.7 Å². The zero-order valence-corrected chi connectivity index (χ0v) is 19.1. The summed E-state index contributed by atoms with van der Waals surface area (Å²) in [6.45, 7) is 1.84. The summed E-state index contributed by atoms with van der Waals surface area (Å²) in [4.78, 5) is 13.1. The molecule has 0 saturated heterocycles. The van der Waals surface area contributed by atoms with Crippen LogP contribution in [0.3, 0.4) is 0 Å². The van der Waals surface area contributed by atoms with Gasteiger partial charge in [-0.2, -0.15) is 4.31 Å². The van der Waals surface area contributed by atoms with Gasteiger partial charge in [-0.25, -0.2) is 8.42 Å². The van der Waals surface area contributed by atoms with Crippen molar-refractivity contribution in [2.45, 2.75) is 11.8 Å². The second-order valence-electron chi connectivity index (χ2n) is 6.59. The third kappa shape index (κ3) is 5.10. The Labute approximate surface area is 191 Å². The van der Waals surface area contributed by atoms with Crippen LogP contribution in [-0.4, -0.2) is 21.4 Å². The van der Waals surface area contributed by atoms with Crippen molar-refractivity contribution in [3.63, 3.8) is 0 Å². The van der Waals surface area contributed by atoms with Crippen LogP contribution in [0, 0.1) is 6.92 Å². The average Bonchev–Trinajstić information content (AvgIpc) is 2.73. The Morgan fingerprint density at radius 2 is 1.65 bits per heavy atom. The molecule has 0 radical (unpaired) electrons. The Kier molecular flexibility index (Phi) is 7.05. The first-order valence-electron chi connectivity index (χ1n) is 9.16. The predicted octanol–water partition coefficient (Wildman–Crippen LogP) is 5.75. The highest BCUT2D eigenvalue weighted by Gasteiger charge is 2.30. The van der Waals surface area contributed by atoms with E-state index in [1.165, 1.54) is 43.5 Å². The fraction of sp³-hybridized carbons (Fsp3) is 0.0870. The Hall–Kier alpha value is -2.80. The Morgan fingerprint density at radius 1 is 0.968 bits per heavy atom. The van der Waals surface area contributed by atoms with Crippen LogP contribution in [0.1, 0.15) is 11.1 Å². The normalized spacial score (nSPS) is 11.5. The molecule has 5 nitrogen and oxygen atoms in total. The first-order valence-corrected chi connectivity index (χ1v) is 11.4. The molecule has 0 atom stereocenters. The van der Waals surface area contributed by atoms with Crippen LogP contribution in [0.2, 0.25) is 10.0 Å². The third-order valence-corrected chi connectivity index (χ3v) is 6.82. The van der Waals surface area contributed by atoms with Gasteiger partial charge in [0.15, 0.2) is 0 Å². The lowest BCUT2D eigenvalue weighted by Gasteiger charge is -2.22. The summed E-state index contributed by atoms with van der Waals surface area (Å²) < 4.78 is 32.6. The highest BCUT2D eigenvalue weighted by Crippen LogP contribution is 2.32. The molecule has 0 heterocycles. The van der Waals surface area contributed by atoms with E-state index in [-0.39, 0.29) is 15.6 Å². The van der Waals surface area contributed by atoms with Gasteiger partial charge in [0.25, 0.3) is 15.9 Å². The Bertz CT molecular complexity index is 1240. The van der Waals surface area contributed by atoms with Crippen molar-refractivity contribution in [3.8, 4) is 5.75 Å². The van der Waals surface area contributed by atoms with E-state index in [4.69, 9.17) is 27.9 Å². The molecular weight excluding hydrogens is 457 g/mol. The van der Waals surface area contributed by atoms with Gasteiger partial charge in [-0.05, 0) is 55.0 Å². The number of ether oxygens (including phenoxy) is 1. The van der Waals surface area contributed by atoms with Gasteiger partial charge < -0.3 is 4.74 Å². The highest BCUT2D eigenvalue weighted by molar-refractivity contribution is 7.93. The third-order valence-electron chi connectivity index (χ3n) is 4.44.